The van der Waals surface area contributed by atoms with Crippen molar-refractivity contribution in [1.82, 2.24) is 0 Å². The Hall–Kier alpha value is -0.0700. The normalized spacial score (nSPS) is 66.0. The first-order valence-corrected chi connectivity index (χ1v) is 4.24. The van der Waals surface area contributed by atoms with Gasteiger partial charge in [0.2, 0.25) is 0 Å². The molecule has 0 saturated heterocycles. The van der Waals surface area contributed by atoms with Gasteiger partial charge in [0.1, 0.15) is 5.67 Å². The summed E-state index contributed by atoms with van der Waals surface area (Å²) < 4.78 is 13.7. The van der Waals surface area contributed by atoms with Crippen molar-refractivity contribution < 1.29 is 4.39 Å². The van der Waals surface area contributed by atoms with E-state index in [9.17, 15) is 4.39 Å². The topological polar surface area (TPSA) is 0 Å². The molecule has 0 aromatic rings. The SMILES string of the molecule is CC1C2CC2C(C)(F)C1C. The average molecular weight is 142 g/mol. The third-order valence-corrected chi connectivity index (χ3v) is 3.92. The molecular weight excluding hydrogens is 127 g/mol. The molecule has 5 unspecified atom stereocenters. The summed E-state index contributed by atoms with van der Waals surface area (Å²) in [6, 6.07) is 0. The van der Waals surface area contributed by atoms with E-state index in [1.807, 2.05) is 0 Å². The molecular formula is C9H15F. The third-order valence-electron chi connectivity index (χ3n) is 3.92. The number of fused-ring (bicyclic) bond motifs is 1. The highest BCUT2D eigenvalue weighted by Gasteiger charge is 2.63. The summed E-state index contributed by atoms with van der Waals surface area (Å²) in [4.78, 5) is 0. The Labute approximate surface area is 61.8 Å². The average Bonchev–Trinajstić information content (AvgIpc) is 2.58. The Bertz CT molecular complexity index is 160. The van der Waals surface area contributed by atoms with Crippen LogP contribution in [-0.2, 0) is 0 Å². The summed E-state index contributed by atoms with van der Waals surface area (Å²) in [7, 11) is 0. The van der Waals surface area contributed by atoms with Gasteiger partial charge in [0, 0.05) is 0 Å². The second-order valence-corrected chi connectivity index (χ2v) is 4.31. The molecule has 58 valence electrons. The van der Waals surface area contributed by atoms with Crippen LogP contribution in [0, 0.1) is 23.7 Å². The quantitative estimate of drug-likeness (QED) is 0.487. The van der Waals surface area contributed by atoms with Crippen molar-refractivity contribution in [2.75, 3.05) is 0 Å². The molecule has 0 aliphatic heterocycles. The Kier molecular flexibility index (Phi) is 1.04. The van der Waals surface area contributed by atoms with Gasteiger partial charge in [-0.05, 0) is 37.0 Å². The number of hydrogen-bond acceptors (Lipinski definition) is 0. The van der Waals surface area contributed by atoms with Gasteiger partial charge < -0.3 is 0 Å². The standard InChI is InChI=1S/C9H15F/c1-5-6(2)9(3,10)8-4-7(5)8/h5-8H,4H2,1-3H3. The largest absolute Gasteiger partial charge is 0.244 e. The molecule has 0 amide bonds. The minimum absolute atomic E-state index is 0.288. The van der Waals surface area contributed by atoms with Crippen LogP contribution in [0.25, 0.3) is 0 Å². The first kappa shape index (κ1) is 6.63. The molecule has 0 radical (unpaired) electrons. The molecule has 0 bridgehead atoms. The van der Waals surface area contributed by atoms with Crippen molar-refractivity contribution in [3.8, 4) is 0 Å². The van der Waals surface area contributed by atoms with Crippen molar-refractivity contribution in [2.45, 2.75) is 32.9 Å². The lowest BCUT2D eigenvalue weighted by Gasteiger charge is -2.25. The maximum Gasteiger partial charge on any atom is 0.114 e. The predicted molar refractivity (Wildman–Crippen MR) is 39.4 cm³/mol. The molecule has 0 aromatic heterocycles. The summed E-state index contributed by atoms with van der Waals surface area (Å²) in [6.45, 7) is 6.03. The number of alkyl halides is 1. The zero-order chi connectivity index (χ0) is 7.52. The van der Waals surface area contributed by atoms with E-state index < -0.39 is 5.67 Å². The van der Waals surface area contributed by atoms with E-state index in [4.69, 9.17) is 0 Å². The molecule has 2 saturated carbocycles. The van der Waals surface area contributed by atoms with Crippen LogP contribution in [0.1, 0.15) is 27.2 Å². The molecule has 1 heteroatoms. The van der Waals surface area contributed by atoms with Gasteiger partial charge in [-0.1, -0.05) is 13.8 Å². The van der Waals surface area contributed by atoms with Crippen LogP contribution in [-0.4, -0.2) is 5.67 Å². The molecule has 2 aliphatic rings. The van der Waals surface area contributed by atoms with Crippen molar-refractivity contribution in [1.29, 1.82) is 0 Å². The molecule has 0 aromatic carbocycles. The van der Waals surface area contributed by atoms with Crippen LogP contribution >= 0.6 is 0 Å². The molecule has 0 spiro atoms. The van der Waals surface area contributed by atoms with E-state index >= 15 is 0 Å². The first-order valence-electron chi connectivity index (χ1n) is 4.24. The minimum atomic E-state index is -0.843. The highest BCUT2D eigenvalue weighted by molar-refractivity contribution is 5.11. The Morgan fingerprint density at radius 1 is 1.40 bits per heavy atom. The van der Waals surface area contributed by atoms with Crippen molar-refractivity contribution >= 4 is 0 Å². The first-order chi connectivity index (χ1) is 4.55. The van der Waals surface area contributed by atoms with Crippen LogP contribution in [0.3, 0.4) is 0 Å². The second kappa shape index (κ2) is 1.57. The van der Waals surface area contributed by atoms with Crippen LogP contribution in [0.5, 0.6) is 0 Å². The van der Waals surface area contributed by atoms with E-state index in [1.165, 1.54) is 0 Å². The van der Waals surface area contributed by atoms with Gasteiger partial charge in [0.05, 0.1) is 0 Å². The van der Waals surface area contributed by atoms with E-state index in [1.54, 1.807) is 6.92 Å². The molecule has 5 atom stereocenters. The smallest absolute Gasteiger partial charge is 0.114 e. The molecule has 0 heterocycles. The number of rotatable bonds is 0. The molecule has 0 N–H and O–H groups in total. The Balaban J connectivity index is 2.24. The third kappa shape index (κ3) is 0.566. The zero-order valence-electron chi connectivity index (χ0n) is 6.89. The van der Waals surface area contributed by atoms with Gasteiger partial charge >= 0.3 is 0 Å². The van der Waals surface area contributed by atoms with Gasteiger partial charge in [0.25, 0.3) is 0 Å². The highest BCUT2D eigenvalue weighted by atomic mass is 19.1. The van der Waals surface area contributed by atoms with Gasteiger partial charge in [-0.2, -0.15) is 0 Å². The second-order valence-electron chi connectivity index (χ2n) is 4.31. The fraction of sp³-hybridized carbons (Fsp3) is 1.00. The Morgan fingerprint density at radius 2 is 2.00 bits per heavy atom. The maximum atomic E-state index is 13.7. The predicted octanol–water partition coefficient (Wildman–Crippen LogP) is 2.64. The Morgan fingerprint density at radius 3 is 2.20 bits per heavy atom. The van der Waals surface area contributed by atoms with Crippen molar-refractivity contribution in [3.05, 3.63) is 0 Å². The maximum absolute atomic E-state index is 13.7. The molecule has 2 fully saturated rings. The van der Waals surface area contributed by atoms with E-state index in [-0.39, 0.29) is 5.92 Å². The summed E-state index contributed by atoms with van der Waals surface area (Å²) in [5, 5.41) is 0. The fourth-order valence-corrected chi connectivity index (χ4v) is 2.67. The van der Waals surface area contributed by atoms with Crippen LogP contribution in [0.15, 0.2) is 0 Å². The summed E-state index contributed by atoms with van der Waals surface area (Å²) in [6.07, 6.45) is 1.15. The monoisotopic (exact) mass is 142 g/mol. The lowest BCUT2D eigenvalue weighted by atomic mass is 9.86. The highest BCUT2D eigenvalue weighted by Crippen LogP contribution is 2.64. The molecule has 10 heavy (non-hydrogen) atoms. The molecule has 0 nitrogen and oxygen atoms in total. The van der Waals surface area contributed by atoms with Crippen molar-refractivity contribution in [2.24, 2.45) is 23.7 Å². The lowest BCUT2D eigenvalue weighted by Crippen LogP contribution is -2.28. The van der Waals surface area contributed by atoms with E-state index in [2.05, 4.69) is 13.8 Å². The molecule has 2 aliphatic carbocycles. The zero-order valence-corrected chi connectivity index (χ0v) is 6.89. The van der Waals surface area contributed by atoms with Gasteiger partial charge in [-0.15, -0.1) is 0 Å². The fourth-order valence-electron chi connectivity index (χ4n) is 2.67. The molecule has 2 rings (SSSR count). The van der Waals surface area contributed by atoms with Crippen molar-refractivity contribution in [3.63, 3.8) is 0 Å². The summed E-state index contributed by atoms with van der Waals surface area (Å²) >= 11 is 0. The van der Waals surface area contributed by atoms with Gasteiger partial charge in [-0.3, -0.25) is 0 Å². The minimum Gasteiger partial charge on any atom is -0.244 e. The van der Waals surface area contributed by atoms with Gasteiger partial charge in [-0.25, -0.2) is 4.39 Å². The van der Waals surface area contributed by atoms with E-state index in [0.29, 0.717) is 11.8 Å². The van der Waals surface area contributed by atoms with Crippen LogP contribution < -0.4 is 0 Å². The van der Waals surface area contributed by atoms with Gasteiger partial charge in [0.15, 0.2) is 0 Å². The van der Waals surface area contributed by atoms with E-state index in [0.717, 1.165) is 12.3 Å². The summed E-state index contributed by atoms with van der Waals surface area (Å²) in [5.74, 6) is 2.05. The number of hydrogen-bond donors (Lipinski definition) is 0. The van der Waals surface area contributed by atoms with Crippen LogP contribution in [0.2, 0.25) is 0 Å². The number of halogens is 1. The lowest BCUT2D eigenvalue weighted by molar-refractivity contribution is 0.0951. The summed E-state index contributed by atoms with van der Waals surface area (Å²) in [5.41, 5.74) is -0.843. The van der Waals surface area contributed by atoms with Crippen LogP contribution in [0.4, 0.5) is 4.39 Å².